The van der Waals surface area contributed by atoms with Crippen molar-refractivity contribution in [1.29, 1.82) is 0 Å². The van der Waals surface area contributed by atoms with E-state index in [0.29, 0.717) is 13.2 Å². The molecule has 0 spiro atoms. The summed E-state index contributed by atoms with van der Waals surface area (Å²) in [5.41, 5.74) is 3.98. The van der Waals surface area contributed by atoms with Crippen LogP contribution < -0.4 is 0 Å². The molecule has 0 aliphatic heterocycles. The third-order valence-corrected chi connectivity index (χ3v) is 2.99. The summed E-state index contributed by atoms with van der Waals surface area (Å²) < 4.78 is 0. The minimum absolute atomic E-state index is 0.523. The summed E-state index contributed by atoms with van der Waals surface area (Å²) in [5.74, 6) is 0. The van der Waals surface area contributed by atoms with Gasteiger partial charge in [0, 0.05) is 0 Å². The first-order valence-electron chi connectivity index (χ1n) is 7.26. The van der Waals surface area contributed by atoms with E-state index in [2.05, 4.69) is 45.1 Å². The standard InChI is InChI=1S/C18H26O2/c1-16(2)8-7-9-17(3)12-14-19-20-15-13-18-10-5-4-6-11-18/h4-6,8,10-12H,7,9,13-15H2,1-3H3/b17-12+. The molecular formula is C18H26O2. The molecule has 0 atom stereocenters. The van der Waals surface area contributed by atoms with E-state index < -0.39 is 0 Å². The molecule has 1 rings (SSSR count). The minimum atomic E-state index is 0.523. The van der Waals surface area contributed by atoms with Crippen molar-refractivity contribution in [3.8, 4) is 0 Å². The van der Waals surface area contributed by atoms with E-state index in [1.54, 1.807) is 0 Å². The van der Waals surface area contributed by atoms with Crippen LogP contribution in [0.2, 0.25) is 0 Å². The highest BCUT2D eigenvalue weighted by Gasteiger charge is 1.93. The molecule has 20 heavy (non-hydrogen) atoms. The molecule has 0 heterocycles. The Labute approximate surface area is 123 Å². The predicted molar refractivity (Wildman–Crippen MR) is 84.5 cm³/mol. The van der Waals surface area contributed by atoms with Gasteiger partial charge in [0.05, 0.1) is 6.61 Å². The smallest absolute Gasteiger partial charge is 0.101 e. The molecule has 0 N–H and O–H groups in total. The van der Waals surface area contributed by atoms with Crippen LogP contribution in [-0.2, 0) is 16.2 Å². The number of rotatable bonds is 9. The van der Waals surface area contributed by atoms with Gasteiger partial charge in [-0.3, -0.25) is 0 Å². The quantitative estimate of drug-likeness (QED) is 0.277. The van der Waals surface area contributed by atoms with Crippen molar-refractivity contribution in [1.82, 2.24) is 0 Å². The van der Waals surface area contributed by atoms with Crippen LogP contribution in [0.5, 0.6) is 0 Å². The van der Waals surface area contributed by atoms with Crippen molar-refractivity contribution in [2.24, 2.45) is 0 Å². The Balaban J connectivity index is 2.05. The van der Waals surface area contributed by atoms with Crippen LogP contribution in [0.1, 0.15) is 39.2 Å². The van der Waals surface area contributed by atoms with E-state index >= 15 is 0 Å². The third kappa shape index (κ3) is 8.68. The van der Waals surface area contributed by atoms with Gasteiger partial charge in [0.1, 0.15) is 6.61 Å². The van der Waals surface area contributed by atoms with Crippen molar-refractivity contribution in [3.63, 3.8) is 0 Å². The van der Waals surface area contributed by atoms with Crippen LogP contribution in [0, 0.1) is 0 Å². The molecule has 0 unspecified atom stereocenters. The van der Waals surface area contributed by atoms with E-state index in [1.165, 1.54) is 16.7 Å². The molecule has 0 saturated heterocycles. The first-order valence-corrected chi connectivity index (χ1v) is 7.26. The molecule has 0 aliphatic carbocycles. The van der Waals surface area contributed by atoms with Crippen LogP contribution >= 0.6 is 0 Å². The zero-order valence-corrected chi connectivity index (χ0v) is 12.9. The molecule has 2 heteroatoms. The second kappa shape index (κ2) is 10.4. The van der Waals surface area contributed by atoms with Crippen LogP contribution in [-0.4, -0.2) is 13.2 Å². The van der Waals surface area contributed by atoms with E-state index in [-0.39, 0.29) is 0 Å². The highest BCUT2D eigenvalue weighted by Crippen LogP contribution is 2.06. The summed E-state index contributed by atoms with van der Waals surface area (Å²) >= 11 is 0. The fourth-order valence-corrected chi connectivity index (χ4v) is 1.78. The van der Waals surface area contributed by atoms with Gasteiger partial charge in [-0.15, -0.1) is 0 Å². The Morgan fingerprint density at radius 1 is 1.00 bits per heavy atom. The topological polar surface area (TPSA) is 18.5 Å². The maximum absolute atomic E-state index is 5.17. The molecule has 2 nitrogen and oxygen atoms in total. The van der Waals surface area contributed by atoms with Gasteiger partial charge in [0.15, 0.2) is 0 Å². The highest BCUT2D eigenvalue weighted by molar-refractivity contribution is 5.14. The second-order valence-electron chi connectivity index (χ2n) is 5.21. The summed E-state index contributed by atoms with van der Waals surface area (Å²) in [6.07, 6.45) is 7.40. The SMILES string of the molecule is CC(C)=CCC/C(C)=C/COOCCc1ccccc1. The van der Waals surface area contributed by atoms with Gasteiger partial charge in [0.25, 0.3) is 0 Å². The summed E-state index contributed by atoms with van der Waals surface area (Å²) in [6, 6.07) is 10.3. The van der Waals surface area contributed by atoms with Crippen LogP contribution in [0.15, 0.2) is 53.6 Å². The first kappa shape index (κ1) is 16.7. The van der Waals surface area contributed by atoms with Crippen molar-refractivity contribution < 1.29 is 9.78 Å². The van der Waals surface area contributed by atoms with E-state index in [9.17, 15) is 0 Å². The number of hydrogen-bond acceptors (Lipinski definition) is 2. The van der Waals surface area contributed by atoms with Gasteiger partial charge in [-0.1, -0.05) is 53.6 Å². The third-order valence-electron chi connectivity index (χ3n) is 2.99. The van der Waals surface area contributed by atoms with Gasteiger partial charge in [0.2, 0.25) is 0 Å². The maximum atomic E-state index is 5.17. The average molecular weight is 274 g/mol. The molecule has 0 saturated carbocycles. The largest absolute Gasteiger partial charge is 0.236 e. The van der Waals surface area contributed by atoms with Gasteiger partial charge < -0.3 is 0 Å². The maximum Gasteiger partial charge on any atom is 0.101 e. The van der Waals surface area contributed by atoms with E-state index in [4.69, 9.17) is 9.78 Å². The number of allylic oxidation sites excluding steroid dienone is 3. The molecule has 1 aromatic carbocycles. The summed E-state index contributed by atoms with van der Waals surface area (Å²) in [6.45, 7) is 7.50. The van der Waals surface area contributed by atoms with Gasteiger partial charge in [-0.2, -0.15) is 0 Å². The van der Waals surface area contributed by atoms with Crippen LogP contribution in [0.3, 0.4) is 0 Å². The molecule has 0 aromatic heterocycles. The van der Waals surface area contributed by atoms with Gasteiger partial charge >= 0.3 is 0 Å². The van der Waals surface area contributed by atoms with Crippen LogP contribution in [0.4, 0.5) is 0 Å². The summed E-state index contributed by atoms with van der Waals surface area (Å²) in [7, 11) is 0. The zero-order chi connectivity index (χ0) is 14.6. The fraction of sp³-hybridized carbons (Fsp3) is 0.444. The lowest BCUT2D eigenvalue weighted by Gasteiger charge is -2.03. The van der Waals surface area contributed by atoms with Crippen molar-refractivity contribution in [2.45, 2.75) is 40.0 Å². The Bertz CT molecular complexity index is 414. The second-order valence-corrected chi connectivity index (χ2v) is 5.21. The van der Waals surface area contributed by atoms with Crippen molar-refractivity contribution >= 4 is 0 Å². The summed E-state index contributed by atoms with van der Waals surface area (Å²) in [5, 5.41) is 0. The van der Waals surface area contributed by atoms with Gasteiger partial charge in [-0.05, 0) is 45.6 Å². The van der Waals surface area contributed by atoms with E-state index in [1.807, 2.05) is 18.2 Å². The summed E-state index contributed by atoms with van der Waals surface area (Å²) in [4.78, 5) is 10.3. The molecule has 110 valence electrons. The lowest BCUT2D eigenvalue weighted by atomic mass is 10.1. The van der Waals surface area contributed by atoms with Crippen molar-refractivity contribution in [3.05, 3.63) is 59.2 Å². The molecular weight excluding hydrogens is 248 g/mol. The molecule has 1 aromatic rings. The lowest BCUT2D eigenvalue weighted by molar-refractivity contribution is -0.285. The highest BCUT2D eigenvalue weighted by atomic mass is 17.2. The van der Waals surface area contributed by atoms with Crippen molar-refractivity contribution in [2.75, 3.05) is 13.2 Å². The number of benzene rings is 1. The molecule has 0 amide bonds. The number of hydrogen-bond donors (Lipinski definition) is 0. The molecule has 0 bridgehead atoms. The average Bonchev–Trinajstić information content (AvgIpc) is 2.43. The molecule has 0 fully saturated rings. The van der Waals surface area contributed by atoms with Gasteiger partial charge in [-0.25, -0.2) is 9.78 Å². The monoisotopic (exact) mass is 274 g/mol. The predicted octanol–water partition coefficient (Wildman–Crippen LogP) is 4.87. The zero-order valence-electron chi connectivity index (χ0n) is 12.9. The Hall–Kier alpha value is -1.38. The first-order chi connectivity index (χ1) is 9.68. The Morgan fingerprint density at radius 2 is 1.75 bits per heavy atom. The normalized spacial score (nSPS) is 11.4. The Kier molecular flexibility index (Phi) is 8.68. The fourth-order valence-electron chi connectivity index (χ4n) is 1.78. The molecule has 0 radical (unpaired) electrons. The Morgan fingerprint density at radius 3 is 2.45 bits per heavy atom. The lowest BCUT2D eigenvalue weighted by Crippen LogP contribution is -2.00. The van der Waals surface area contributed by atoms with E-state index in [0.717, 1.165) is 19.3 Å². The minimum Gasteiger partial charge on any atom is -0.236 e. The van der Waals surface area contributed by atoms with Crippen LogP contribution in [0.25, 0.3) is 0 Å². The molecule has 0 aliphatic rings.